The van der Waals surface area contributed by atoms with Gasteiger partial charge in [0.25, 0.3) is 0 Å². The fourth-order valence-corrected chi connectivity index (χ4v) is 3.68. The molecule has 0 radical (unpaired) electrons. The van der Waals surface area contributed by atoms with E-state index in [-0.39, 0.29) is 24.9 Å². The van der Waals surface area contributed by atoms with Gasteiger partial charge in [0.2, 0.25) is 15.9 Å². The van der Waals surface area contributed by atoms with Gasteiger partial charge in [-0.1, -0.05) is 48.0 Å². The van der Waals surface area contributed by atoms with Gasteiger partial charge in [0.1, 0.15) is 0 Å². The van der Waals surface area contributed by atoms with Crippen molar-refractivity contribution in [1.82, 2.24) is 5.32 Å². The van der Waals surface area contributed by atoms with Crippen molar-refractivity contribution in [2.45, 2.75) is 32.7 Å². The lowest BCUT2D eigenvalue weighted by molar-refractivity contribution is -0.121. The number of nitrogens with one attached hydrogen (secondary N) is 1. The molecule has 0 spiro atoms. The van der Waals surface area contributed by atoms with Gasteiger partial charge < -0.3 is 5.32 Å². The number of amides is 1. The summed E-state index contributed by atoms with van der Waals surface area (Å²) >= 11 is 0. The van der Waals surface area contributed by atoms with Gasteiger partial charge in [0.05, 0.1) is 18.0 Å². The third-order valence-corrected chi connectivity index (χ3v) is 5.36. The molecule has 0 saturated heterocycles. The van der Waals surface area contributed by atoms with Crippen molar-refractivity contribution in [2.75, 3.05) is 17.1 Å². The van der Waals surface area contributed by atoms with Gasteiger partial charge in [-0.3, -0.25) is 9.10 Å². The maximum atomic E-state index is 12.2. The van der Waals surface area contributed by atoms with Crippen LogP contribution in [0, 0.1) is 6.92 Å². The first-order chi connectivity index (χ1) is 12.3. The summed E-state index contributed by atoms with van der Waals surface area (Å²) in [6, 6.07) is 17.0. The number of benzene rings is 2. The van der Waals surface area contributed by atoms with E-state index in [1.807, 2.05) is 56.3 Å². The second kappa shape index (κ2) is 8.85. The van der Waals surface area contributed by atoms with Crippen molar-refractivity contribution in [3.05, 3.63) is 65.7 Å². The Balaban J connectivity index is 1.91. The molecule has 2 aromatic carbocycles. The van der Waals surface area contributed by atoms with E-state index >= 15 is 0 Å². The van der Waals surface area contributed by atoms with E-state index in [0.717, 1.165) is 11.1 Å². The second-order valence-corrected chi connectivity index (χ2v) is 8.38. The van der Waals surface area contributed by atoms with Gasteiger partial charge in [-0.05, 0) is 38.0 Å². The summed E-state index contributed by atoms with van der Waals surface area (Å²) < 4.78 is 25.5. The molecule has 0 saturated carbocycles. The summed E-state index contributed by atoms with van der Waals surface area (Å²) in [5, 5.41) is 2.95. The van der Waals surface area contributed by atoms with Crippen LogP contribution in [0.2, 0.25) is 0 Å². The Bertz CT molecular complexity index is 818. The minimum atomic E-state index is -3.39. The topological polar surface area (TPSA) is 66.5 Å². The molecule has 1 amide bonds. The molecule has 2 aromatic rings. The maximum Gasteiger partial charge on any atom is 0.232 e. The standard InChI is InChI=1S/C20H26N2O3S/c1-16-11-13-19(14-12-16)22(26(3,24)25)15-7-10-20(23)21-17(2)18-8-5-4-6-9-18/h4-6,8-9,11-14,17H,7,10,15H2,1-3H3,(H,21,23)/t17-/m1/s1. The van der Waals surface area contributed by atoms with E-state index < -0.39 is 10.0 Å². The van der Waals surface area contributed by atoms with Crippen molar-refractivity contribution in [3.8, 4) is 0 Å². The molecule has 0 heterocycles. The van der Waals surface area contributed by atoms with Crippen molar-refractivity contribution < 1.29 is 13.2 Å². The van der Waals surface area contributed by atoms with Crippen molar-refractivity contribution in [2.24, 2.45) is 0 Å². The van der Waals surface area contributed by atoms with Crippen molar-refractivity contribution in [3.63, 3.8) is 0 Å². The molecule has 0 unspecified atom stereocenters. The Labute approximate surface area is 156 Å². The minimum Gasteiger partial charge on any atom is -0.350 e. The van der Waals surface area contributed by atoms with Crippen LogP contribution in [0.5, 0.6) is 0 Å². The fourth-order valence-electron chi connectivity index (χ4n) is 2.72. The Hall–Kier alpha value is -2.34. The Kier molecular flexibility index (Phi) is 6.80. The summed E-state index contributed by atoms with van der Waals surface area (Å²) in [5.74, 6) is -0.0845. The van der Waals surface area contributed by atoms with E-state index in [4.69, 9.17) is 0 Å². The third kappa shape index (κ3) is 5.88. The van der Waals surface area contributed by atoms with Crippen LogP contribution < -0.4 is 9.62 Å². The van der Waals surface area contributed by atoms with Crippen LogP contribution in [0.1, 0.15) is 36.9 Å². The molecule has 5 nitrogen and oxygen atoms in total. The van der Waals surface area contributed by atoms with Crippen LogP contribution in [0.15, 0.2) is 54.6 Å². The normalized spacial score (nSPS) is 12.4. The molecule has 0 fully saturated rings. The fraction of sp³-hybridized carbons (Fsp3) is 0.350. The van der Waals surface area contributed by atoms with Gasteiger partial charge in [-0.15, -0.1) is 0 Å². The number of aryl methyl sites for hydroxylation is 1. The average Bonchev–Trinajstić information content (AvgIpc) is 2.59. The molecule has 1 atom stereocenters. The van der Waals surface area contributed by atoms with Crippen LogP contribution in [-0.2, 0) is 14.8 Å². The molecule has 1 N–H and O–H groups in total. The van der Waals surface area contributed by atoms with Crippen molar-refractivity contribution >= 4 is 21.6 Å². The number of hydrogen-bond donors (Lipinski definition) is 1. The minimum absolute atomic E-state index is 0.0770. The van der Waals surface area contributed by atoms with Crippen LogP contribution in [-0.4, -0.2) is 27.1 Å². The number of anilines is 1. The first-order valence-electron chi connectivity index (χ1n) is 8.66. The smallest absolute Gasteiger partial charge is 0.232 e. The maximum absolute atomic E-state index is 12.2. The summed E-state index contributed by atoms with van der Waals surface area (Å²) in [7, 11) is -3.39. The SMILES string of the molecule is Cc1ccc(N(CCCC(=O)N[C@H](C)c2ccccc2)S(C)(=O)=O)cc1. The second-order valence-electron chi connectivity index (χ2n) is 6.47. The molecule has 26 heavy (non-hydrogen) atoms. The highest BCUT2D eigenvalue weighted by molar-refractivity contribution is 7.92. The molecule has 0 aliphatic carbocycles. The highest BCUT2D eigenvalue weighted by Crippen LogP contribution is 2.19. The molecule has 6 heteroatoms. The van der Waals surface area contributed by atoms with Gasteiger partial charge >= 0.3 is 0 Å². The van der Waals surface area contributed by atoms with E-state index in [9.17, 15) is 13.2 Å². The molecular formula is C20H26N2O3S. The van der Waals surface area contributed by atoms with Crippen molar-refractivity contribution in [1.29, 1.82) is 0 Å². The van der Waals surface area contributed by atoms with Crippen LogP contribution in [0.25, 0.3) is 0 Å². The molecular weight excluding hydrogens is 348 g/mol. The molecule has 140 valence electrons. The molecule has 0 aromatic heterocycles. The highest BCUT2D eigenvalue weighted by atomic mass is 32.2. The van der Waals surface area contributed by atoms with Gasteiger partial charge in [0, 0.05) is 13.0 Å². The third-order valence-electron chi connectivity index (χ3n) is 4.16. The Morgan fingerprint density at radius 2 is 1.69 bits per heavy atom. The zero-order valence-electron chi connectivity index (χ0n) is 15.5. The zero-order chi connectivity index (χ0) is 19.2. The number of carbonyl (C=O) groups is 1. The molecule has 2 rings (SSSR count). The molecule has 0 aliphatic rings. The lowest BCUT2D eigenvalue weighted by atomic mass is 10.1. The monoisotopic (exact) mass is 374 g/mol. The first-order valence-corrected chi connectivity index (χ1v) is 10.5. The number of carbonyl (C=O) groups excluding carboxylic acids is 1. The van der Waals surface area contributed by atoms with E-state index in [0.29, 0.717) is 12.1 Å². The Morgan fingerprint density at radius 3 is 2.27 bits per heavy atom. The van der Waals surface area contributed by atoms with Gasteiger partial charge in [-0.2, -0.15) is 0 Å². The number of rotatable bonds is 8. The number of hydrogen-bond acceptors (Lipinski definition) is 3. The number of sulfonamides is 1. The van der Waals surface area contributed by atoms with E-state index in [1.54, 1.807) is 12.1 Å². The predicted molar refractivity (Wildman–Crippen MR) is 106 cm³/mol. The molecule has 0 bridgehead atoms. The van der Waals surface area contributed by atoms with Crippen LogP contribution >= 0.6 is 0 Å². The van der Waals surface area contributed by atoms with Gasteiger partial charge in [0.15, 0.2) is 0 Å². The predicted octanol–water partition coefficient (Wildman–Crippen LogP) is 3.42. The Morgan fingerprint density at radius 1 is 1.08 bits per heavy atom. The largest absolute Gasteiger partial charge is 0.350 e. The summed E-state index contributed by atoms with van der Waals surface area (Å²) in [6.45, 7) is 4.16. The quantitative estimate of drug-likeness (QED) is 0.770. The average molecular weight is 375 g/mol. The summed E-state index contributed by atoms with van der Waals surface area (Å²) in [4.78, 5) is 12.2. The summed E-state index contributed by atoms with van der Waals surface area (Å²) in [5.41, 5.74) is 2.73. The lowest BCUT2D eigenvalue weighted by Crippen LogP contribution is -2.32. The van der Waals surface area contributed by atoms with Crippen LogP contribution in [0.4, 0.5) is 5.69 Å². The molecule has 0 aliphatic heterocycles. The van der Waals surface area contributed by atoms with E-state index in [1.165, 1.54) is 10.6 Å². The number of nitrogens with zero attached hydrogens (tertiary/aromatic N) is 1. The van der Waals surface area contributed by atoms with E-state index in [2.05, 4.69) is 5.32 Å². The van der Waals surface area contributed by atoms with Gasteiger partial charge in [-0.25, -0.2) is 8.42 Å². The highest BCUT2D eigenvalue weighted by Gasteiger charge is 2.18. The summed E-state index contributed by atoms with van der Waals surface area (Å²) in [6.07, 6.45) is 1.91. The first kappa shape index (κ1) is 20.0. The zero-order valence-corrected chi connectivity index (χ0v) is 16.3. The van der Waals surface area contributed by atoms with Crippen LogP contribution in [0.3, 0.4) is 0 Å². The lowest BCUT2D eigenvalue weighted by Gasteiger charge is -2.22.